The number of hydrogen-bond donors (Lipinski definition) is 1. The van der Waals surface area contributed by atoms with Crippen LogP contribution >= 0.6 is 23.2 Å². The Labute approximate surface area is 218 Å². The normalized spacial score (nSPS) is 11.7. The van der Waals surface area contributed by atoms with Crippen LogP contribution in [0.4, 0.5) is 0 Å². The highest BCUT2D eigenvalue weighted by atomic mass is 35.5. The number of nitrogens with one attached hydrogen (secondary N) is 1. The van der Waals surface area contributed by atoms with E-state index in [0.717, 1.165) is 34.2 Å². The van der Waals surface area contributed by atoms with Gasteiger partial charge in [-0.2, -0.15) is 0 Å². The third-order valence-corrected chi connectivity index (χ3v) is 6.61. The number of aryl methyl sites for hydroxylation is 2. The molecule has 0 fully saturated rings. The Bertz CT molecular complexity index is 1160. The van der Waals surface area contributed by atoms with Gasteiger partial charge in [0.05, 0.1) is 6.42 Å². The standard InChI is InChI=1S/C29H32Cl2N2O2/c1-4-14-32-29(35)27(16-22-8-6-5-7-9-22)33(19-23-12-13-25(30)18-26(23)31)28(34)17-24-15-20(2)10-11-21(24)3/h5-13,15,18,27H,4,14,16-17,19H2,1-3H3,(H,32,35)/t27-/m0/s1. The fourth-order valence-electron chi connectivity index (χ4n) is 4.01. The van der Waals surface area contributed by atoms with E-state index in [9.17, 15) is 9.59 Å². The van der Waals surface area contributed by atoms with Gasteiger partial charge in [-0.25, -0.2) is 0 Å². The predicted octanol–water partition coefficient (Wildman–Crippen LogP) is 6.32. The number of carbonyl (C=O) groups excluding carboxylic acids is 2. The third-order valence-electron chi connectivity index (χ3n) is 6.02. The van der Waals surface area contributed by atoms with Crippen molar-refractivity contribution >= 4 is 35.0 Å². The Morgan fingerprint density at radius 1 is 0.943 bits per heavy atom. The van der Waals surface area contributed by atoms with Gasteiger partial charge in [0.25, 0.3) is 0 Å². The van der Waals surface area contributed by atoms with Gasteiger partial charge in [-0.3, -0.25) is 9.59 Å². The molecule has 0 saturated heterocycles. The van der Waals surface area contributed by atoms with Crippen LogP contribution in [0.15, 0.2) is 66.7 Å². The van der Waals surface area contributed by atoms with Gasteiger partial charge in [0.2, 0.25) is 11.8 Å². The fourth-order valence-corrected chi connectivity index (χ4v) is 4.48. The van der Waals surface area contributed by atoms with Crippen molar-refractivity contribution in [2.24, 2.45) is 0 Å². The van der Waals surface area contributed by atoms with Crippen LogP contribution in [0.3, 0.4) is 0 Å². The topological polar surface area (TPSA) is 49.4 Å². The predicted molar refractivity (Wildman–Crippen MR) is 144 cm³/mol. The summed E-state index contributed by atoms with van der Waals surface area (Å²) in [5.41, 5.74) is 4.81. The van der Waals surface area contributed by atoms with Crippen molar-refractivity contribution in [3.63, 3.8) is 0 Å². The molecule has 1 N–H and O–H groups in total. The first-order valence-electron chi connectivity index (χ1n) is 11.9. The van der Waals surface area contributed by atoms with Crippen LogP contribution < -0.4 is 5.32 Å². The van der Waals surface area contributed by atoms with Gasteiger partial charge in [-0.05, 0) is 54.7 Å². The Hall–Kier alpha value is -2.82. The van der Waals surface area contributed by atoms with Gasteiger partial charge in [0.15, 0.2) is 0 Å². The van der Waals surface area contributed by atoms with Crippen molar-refractivity contribution in [3.05, 3.63) is 105 Å². The lowest BCUT2D eigenvalue weighted by Gasteiger charge is -2.32. The summed E-state index contributed by atoms with van der Waals surface area (Å²) in [7, 11) is 0. The first-order valence-corrected chi connectivity index (χ1v) is 12.6. The van der Waals surface area contributed by atoms with Crippen molar-refractivity contribution in [1.29, 1.82) is 0 Å². The molecule has 0 heterocycles. The zero-order valence-electron chi connectivity index (χ0n) is 20.5. The van der Waals surface area contributed by atoms with Gasteiger partial charge >= 0.3 is 0 Å². The molecule has 0 aromatic heterocycles. The van der Waals surface area contributed by atoms with Gasteiger partial charge in [0, 0.05) is 29.6 Å². The minimum absolute atomic E-state index is 0.128. The third kappa shape index (κ3) is 7.58. The van der Waals surface area contributed by atoms with E-state index in [4.69, 9.17) is 23.2 Å². The van der Waals surface area contributed by atoms with Gasteiger partial charge in [0.1, 0.15) is 6.04 Å². The molecule has 184 valence electrons. The van der Waals surface area contributed by atoms with E-state index in [0.29, 0.717) is 23.0 Å². The minimum atomic E-state index is -0.687. The van der Waals surface area contributed by atoms with E-state index in [1.807, 2.05) is 75.4 Å². The van der Waals surface area contributed by atoms with E-state index in [2.05, 4.69) is 5.32 Å². The van der Waals surface area contributed by atoms with Crippen LogP contribution in [0.2, 0.25) is 10.0 Å². The molecule has 3 aromatic rings. The lowest BCUT2D eigenvalue weighted by atomic mass is 9.99. The lowest BCUT2D eigenvalue weighted by Crippen LogP contribution is -2.51. The summed E-state index contributed by atoms with van der Waals surface area (Å²) < 4.78 is 0. The van der Waals surface area contributed by atoms with Crippen LogP contribution in [-0.2, 0) is 29.0 Å². The second-order valence-corrected chi connectivity index (χ2v) is 9.70. The number of benzene rings is 3. The van der Waals surface area contributed by atoms with Crippen LogP contribution in [0.5, 0.6) is 0 Å². The van der Waals surface area contributed by atoms with E-state index in [1.54, 1.807) is 17.0 Å². The highest BCUT2D eigenvalue weighted by Gasteiger charge is 2.31. The molecule has 0 aliphatic carbocycles. The molecule has 0 unspecified atom stereocenters. The van der Waals surface area contributed by atoms with Crippen LogP contribution in [-0.4, -0.2) is 29.3 Å². The molecule has 3 rings (SSSR count). The van der Waals surface area contributed by atoms with Crippen molar-refractivity contribution in [2.75, 3.05) is 6.54 Å². The summed E-state index contributed by atoms with van der Waals surface area (Å²) in [4.78, 5) is 28.9. The number of hydrogen-bond acceptors (Lipinski definition) is 2. The summed E-state index contributed by atoms with van der Waals surface area (Å²) in [5, 5.41) is 3.98. The first-order chi connectivity index (χ1) is 16.8. The summed E-state index contributed by atoms with van der Waals surface area (Å²) in [5.74, 6) is -0.299. The Kier molecular flexibility index (Phi) is 9.76. The molecule has 0 radical (unpaired) electrons. The smallest absolute Gasteiger partial charge is 0.243 e. The van der Waals surface area contributed by atoms with E-state index in [1.165, 1.54) is 0 Å². The number of rotatable bonds is 10. The fraction of sp³-hybridized carbons (Fsp3) is 0.310. The molecule has 0 aliphatic heterocycles. The molecule has 3 aromatic carbocycles. The SMILES string of the molecule is CCCNC(=O)[C@H](Cc1ccccc1)N(Cc1ccc(Cl)cc1Cl)C(=O)Cc1cc(C)ccc1C. The zero-order valence-corrected chi connectivity index (χ0v) is 22.0. The molecular formula is C29H32Cl2N2O2. The molecule has 4 nitrogen and oxygen atoms in total. The molecule has 0 saturated carbocycles. The molecule has 6 heteroatoms. The van der Waals surface area contributed by atoms with Crippen molar-refractivity contribution in [2.45, 2.75) is 52.6 Å². The van der Waals surface area contributed by atoms with E-state index >= 15 is 0 Å². The monoisotopic (exact) mass is 510 g/mol. The molecule has 0 bridgehead atoms. The molecule has 35 heavy (non-hydrogen) atoms. The van der Waals surface area contributed by atoms with Gasteiger partial charge in [-0.1, -0.05) is 90.3 Å². The molecule has 0 aliphatic rings. The van der Waals surface area contributed by atoms with Crippen molar-refractivity contribution in [3.8, 4) is 0 Å². The molecule has 1 atom stereocenters. The molecule has 0 spiro atoms. The Morgan fingerprint density at radius 3 is 2.37 bits per heavy atom. The van der Waals surface area contributed by atoms with Crippen molar-refractivity contribution < 1.29 is 9.59 Å². The number of amides is 2. The highest BCUT2D eigenvalue weighted by molar-refractivity contribution is 6.35. The van der Waals surface area contributed by atoms with Gasteiger partial charge < -0.3 is 10.2 Å². The van der Waals surface area contributed by atoms with E-state index in [-0.39, 0.29) is 24.8 Å². The summed E-state index contributed by atoms with van der Waals surface area (Å²) in [6, 6.07) is 20.4. The highest BCUT2D eigenvalue weighted by Crippen LogP contribution is 2.25. The molecule has 2 amide bonds. The van der Waals surface area contributed by atoms with Crippen LogP contribution in [0.25, 0.3) is 0 Å². The maximum atomic E-state index is 13.8. The average molecular weight is 511 g/mol. The van der Waals surface area contributed by atoms with Crippen LogP contribution in [0, 0.1) is 13.8 Å². The van der Waals surface area contributed by atoms with E-state index < -0.39 is 6.04 Å². The maximum Gasteiger partial charge on any atom is 0.243 e. The summed E-state index contributed by atoms with van der Waals surface area (Å²) in [6.45, 7) is 6.76. The average Bonchev–Trinajstić information content (AvgIpc) is 2.83. The second-order valence-electron chi connectivity index (χ2n) is 8.86. The summed E-state index contributed by atoms with van der Waals surface area (Å²) in [6.07, 6.45) is 1.41. The Balaban J connectivity index is 2.01. The first kappa shape index (κ1) is 26.8. The minimum Gasteiger partial charge on any atom is -0.354 e. The number of halogens is 2. The number of carbonyl (C=O) groups is 2. The lowest BCUT2D eigenvalue weighted by molar-refractivity contribution is -0.140. The quantitative estimate of drug-likeness (QED) is 0.346. The van der Waals surface area contributed by atoms with Crippen LogP contribution in [0.1, 0.15) is 41.2 Å². The largest absolute Gasteiger partial charge is 0.354 e. The van der Waals surface area contributed by atoms with Gasteiger partial charge in [-0.15, -0.1) is 0 Å². The molecular weight excluding hydrogens is 479 g/mol. The summed E-state index contributed by atoms with van der Waals surface area (Å²) >= 11 is 12.6. The second kappa shape index (κ2) is 12.8. The zero-order chi connectivity index (χ0) is 25.4. The van der Waals surface area contributed by atoms with Crippen molar-refractivity contribution in [1.82, 2.24) is 10.2 Å². The Morgan fingerprint density at radius 2 is 1.69 bits per heavy atom. The maximum absolute atomic E-state index is 13.8. The number of nitrogens with zero attached hydrogens (tertiary/aromatic N) is 1.